The highest BCUT2D eigenvalue weighted by Gasteiger charge is 2.50. The number of nitrogens with one attached hydrogen (secondary N) is 5. The molecular formula is C37H38N6O6. The third-order valence-corrected chi connectivity index (χ3v) is 8.54. The fourth-order valence-corrected chi connectivity index (χ4v) is 5.68. The zero-order valence-corrected chi connectivity index (χ0v) is 27.0. The molecular weight excluding hydrogens is 624 g/mol. The molecule has 3 amide bonds. The number of H-pyrrole nitrogens is 2. The Morgan fingerprint density at radius 1 is 0.796 bits per heavy atom. The lowest BCUT2D eigenvalue weighted by molar-refractivity contribution is -0.133. The number of ether oxygens (including phenoxy) is 2. The maximum Gasteiger partial charge on any atom is 0.408 e. The van der Waals surface area contributed by atoms with E-state index in [4.69, 9.17) is 9.47 Å². The number of Topliss-reactive ketones (excluding diaryl/α,β-unsaturated/α-hetero) is 1. The first-order valence-electron chi connectivity index (χ1n) is 16.1. The predicted molar refractivity (Wildman–Crippen MR) is 181 cm³/mol. The summed E-state index contributed by atoms with van der Waals surface area (Å²) in [5.41, 5.74) is 2.84. The molecule has 2 aromatic heterocycles. The van der Waals surface area contributed by atoms with Gasteiger partial charge in [0.25, 0.3) is 0 Å². The molecule has 0 bridgehead atoms. The molecule has 49 heavy (non-hydrogen) atoms. The lowest BCUT2D eigenvalue weighted by atomic mass is 9.94. The summed E-state index contributed by atoms with van der Waals surface area (Å²) in [6.45, 7) is 1.98. The number of benzene rings is 3. The van der Waals surface area contributed by atoms with Gasteiger partial charge in [0, 0.05) is 36.1 Å². The highest BCUT2D eigenvalue weighted by molar-refractivity contribution is 5.99. The first kappa shape index (κ1) is 33.2. The zero-order chi connectivity index (χ0) is 34.2. The lowest BCUT2D eigenvalue weighted by Gasteiger charge is -2.26. The number of para-hydroxylation sites is 1. The second kappa shape index (κ2) is 15.0. The van der Waals surface area contributed by atoms with Crippen LogP contribution in [0.3, 0.4) is 0 Å². The van der Waals surface area contributed by atoms with Gasteiger partial charge >= 0.3 is 6.09 Å². The number of aromatic amines is 2. The van der Waals surface area contributed by atoms with Crippen LogP contribution in [0.25, 0.3) is 10.9 Å². The van der Waals surface area contributed by atoms with Gasteiger partial charge in [-0.3, -0.25) is 14.4 Å². The van der Waals surface area contributed by atoms with Crippen molar-refractivity contribution in [1.29, 1.82) is 0 Å². The van der Waals surface area contributed by atoms with Gasteiger partial charge in [-0.1, -0.05) is 78.9 Å². The van der Waals surface area contributed by atoms with E-state index in [-0.39, 0.29) is 38.3 Å². The van der Waals surface area contributed by atoms with E-state index in [1.165, 1.54) is 6.33 Å². The van der Waals surface area contributed by atoms with Crippen LogP contribution in [-0.4, -0.2) is 69.0 Å². The number of ketones is 1. The molecule has 12 nitrogen and oxygen atoms in total. The van der Waals surface area contributed by atoms with Crippen molar-refractivity contribution >= 4 is 34.6 Å². The van der Waals surface area contributed by atoms with Crippen LogP contribution in [0.15, 0.2) is 104 Å². The summed E-state index contributed by atoms with van der Waals surface area (Å²) in [6.07, 6.45) is 4.46. The van der Waals surface area contributed by atoms with Crippen molar-refractivity contribution in [3.8, 4) is 0 Å². The van der Waals surface area contributed by atoms with Crippen molar-refractivity contribution in [2.45, 2.75) is 56.5 Å². The fraction of sp³-hybridized carbons (Fsp3) is 0.270. The van der Waals surface area contributed by atoms with E-state index in [2.05, 4.69) is 30.9 Å². The van der Waals surface area contributed by atoms with Crippen LogP contribution in [0.2, 0.25) is 0 Å². The molecule has 0 spiro atoms. The molecule has 0 radical (unpaired) electrons. The molecule has 1 aliphatic rings. The summed E-state index contributed by atoms with van der Waals surface area (Å²) in [5.74, 6) is -1.42. The molecule has 0 aliphatic carbocycles. The second-order valence-electron chi connectivity index (χ2n) is 12.3. The van der Waals surface area contributed by atoms with Crippen LogP contribution < -0.4 is 16.0 Å². The maximum atomic E-state index is 14.2. The zero-order valence-electron chi connectivity index (χ0n) is 27.0. The van der Waals surface area contributed by atoms with Crippen LogP contribution in [0, 0.1) is 0 Å². The van der Waals surface area contributed by atoms with Gasteiger partial charge in [-0.2, -0.15) is 0 Å². The molecule has 5 aromatic rings. The summed E-state index contributed by atoms with van der Waals surface area (Å²) >= 11 is 0. The molecule has 4 atom stereocenters. The van der Waals surface area contributed by atoms with Gasteiger partial charge in [-0.05, 0) is 36.1 Å². The lowest BCUT2D eigenvalue weighted by Crippen LogP contribution is -2.58. The van der Waals surface area contributed by atoms with Gasteiger partial charge in [-0.25, -0.2) is 9.78 Å². The van der Waals surface area contributed by atoms with E-state index >= 15 is 0 Å². The van der Waals surface area contributed by atoms with Crippen molar-refractivity contribution in [3.63, 3.8) is 0 Å². The minimum absolute atomic E-state index is 0.00841. The number of nitrogens with zero attached hydrogens (tertiary/aromatic N) is 1. The average molecular weight is 663 g/mol. The highest BCUT2D eigenvalue weighted by atomic mass is 16.6. The quantitative estimate of drug-likeness (QED) is 0.107. The number of hydrogen-bond donors (Lipinski definition) is 5. The predicted octanol–water partition coefficient (Wildman–Crippen LogP) is 3.54. The van der Waals surface area contributed by atoms with Crippen molar-refractivity contribution in [2.75, 3.05) is 6.61 Å². The first-order chi connectivity index (χ1) is 23.8. The molecule has 252 valence electrons. The molecule has 1 fully saturated rings. The van der Waals surface area contributed by atoms with Crippen LogP contribution in [0.5, 0.6) is 0 Å². The third-order valence-electron chi connectivity index (χ3n) is 8.54. The topological polar surface area (TPSA) is 171 Å². The van der Waals surface area contributed by atoms with Gasteiger partial charge in [0.15, 0.2) is 5.78 Å². The van der Waals surface area contributed by atoms with Gasteiger partial charge in [0.2, 0.25) is 11.8 Å². The standard InChI is InChI=1S/C37H38N6O6/c1-37(22-49-37)33(44)30(16-24-10-4-2-5-11-24)41-34(45)31(17-26-19-39-29-15-9-8-14-28(26)29)42-35(46)32(18-27-20-38-23-40-27)43-36(47)48-21-25-12-6-3-7-13-25/h2-15,19-20,23,30-32,39H,16-18,21-22H2,1H3,(H,38,40)(H,41,45)(H,42,46)(H,43,47)/t30-,31-,32-,37+/m0/s1. The third kappa shape index (κ3) is 8.59. The summed E-state index contributed by atoms with van der Waals surface area (Å²) in [6, 6.07) is 23.0. The molecule has 5 N–H and O–H groups in total. The Kier molecular flexibility index (Phi) is 10.1. The molecule has 0 saturated carbocycles. The van der Waals surface area contributed by atoms with Gasteiger partial charge in [-0.15, -0.1) is 0 Å². The molecule has 12 heteroatoms. The molecule has 1 saturated heterocycles. The Labute approximate surface area is 283 Å². The minimum atomic E-state index is -1.13. The number of aromatic nitrogens is 3. The Morgan fingerprint density at radius 2 is 1.43 bits per heavy atom. The first-order valence-corrected chi connectivity index (χ1v) is 16.1. The van der Waals surface area contributed by atoms with Gasteiger partial charge in [0.1, 0.15) is 24.3 Å². The summed E-state index contributed by atoms with van der Waals surface area (Å²) in [5, 5.41) is 9.31. The average Bonchev–Trinajstić information content (AvgIpc) is 3.46. The number of amides is 3. The summed E-state index contributed by atoms with van der Waals surface area (Å²) in [7, 11) is 0. The molecule has 3 heterocycles. The van der Waals surface area contributed by atoms with E-state index in [0.717, 1.165) is 27.6 Å². The molecule has 1 aliphatic heterocycles. The summed E-state index contributed by atoms with van der Waals surface area (Å²) < 4.78 is 10.8. The Morgan fingerprint density at radius 3 is 2.10 bits per heavy atom. The smallest absolute Gasteiger partial charge is 0.408 e. The van der Waals surface area contributed by atoms with Crippen molar-refractivity contribution in [2.24, 2.45) is 0 Å². The SMILES string of the molecule is C[C@]1(C(=O)[C@H](Cc2ccccc2)NC(=O)[C@H](Cc2c[nH]c3ccccc23)NC(=O)[C@H](Cc2c[nH]cn2)NC(=O)OCc2ccccc2)CO1. The maximum absolute atomic E-state index is 14.2. The number of carbonyl (C=O) groups excluding carboxylic acids is 4. The monoisotopic (exact) mass is 662 g/mol. The van der Waals surface area contributed by atoms with Crippen molar-refractivity contribution < 1.29 is 28.7 Å². The summed E-state index contributed by atoms with van der Waals surface area (Å²) in [4.78, 5) is 64.9. The molecule has 3 aromatic carbocycles. The van der Waals surface area contributed by atoms with Gasteiger partial charge in [0.05, 0.1) is 24.7 Å². The van der Waals surface area contributed by atoms with E-state index in [9.17, 15) is 19.2 Å². The van der Waals surface area contributed by atoms with Crippen molar-refractivity contribution in [3.05, 3.63) is 126 Å². The normalized spacial score (nSPS) is 17.0. The Balaban J connectivity index is 1.24. The Bertz CT molecular complexity index is 1890. The number of rotatable bonds is 15. The number of hydrogen-bond acceptors (Lipinski definition) is 7. The van der Waals surface area contributed by atoms with Crippen LogP contribution in [0.4, 0.5) is 4.79 Å². The largest absolute Gasteiger partial charge is 0.445 e. The molecule has 0 unspecified atom stereocenters. The van der Waals surface area contributed by atoms with Crippen molar-refractivity contribution in [1.82, 2.24) is 30.9 Å². The number of fused-ring (bicyclic) bond motifs is 1. The van der Waals surface area contributed by atoms with E-state index in [1.54, 1.807) is 19.3 Å². The van der Waals surface area contributed by atoms with E-state index in [0.29, 0.717) is 5.69 Å². The van der Waals surface area contributed by atoms with Crippen LogP contribution in [0.1, 0.15) is 29.3 Å². The highest BCUT2D eigenvalue weighted by Crippen LogP contribution is 2.29. The number of carbonyl (C=O) groups is 4. The number of epoxide rings is 1. The van der Waals surface area contributed by atoms with Gasteiger partial charge < -0.3 is 35.4 Å². The minimum Gasteiger partial charge on any atom is -0.445 e. The number of imidazole rings is 1. The second-order valence-corrected chi connectivity index (χ2v) is 12.3. The number of alkyl carbamates (subject to hydrolysis) is 1. The Hall–Kier alpha value is -5.75. The van der Waals surface area contributed by atoms with Crippen LogP contribution in [-0.2, 0) is 49.7 Å². The van der Waals surface area contributed by atoms with E-state index < -0.39 is 41.6 Å². The fourth-order valence-electron chi connectivity index (χ4n) is 5.68. The van der Waals surface area contributed by atoms with E-state index in [1.807, 2.05) is 84.9 Å². The molecule has 6 rings (SSSR count). The van der Waals surface area contributed by atoms with Crippen LogP contribution >= 0.6 is 0 Å².